The molecule has 1 atom stereocenters. The molecule has 1 nitrogen and oxygen atoms in total. The highest BCUT2D eigenvalue weighted by Crippen LogP contribution is 2.28. The van der Waals surface area contributed by atoms with Gasteiger partial charge >= 0.3 is 6.18 Å². The normalized spacial score (nSPS) is 16.1. The summed E-state index contributed by atoms with van der Waals surface area (Å²) in [6.07, 6.45) is -3.35. The Hall–Kier alpha value is 0.230. The van der Waals surface area contributed by atoms with Crippen LogP contribution in [0.4, 0.5) is 13.2 Å². The van der Waals surface area contributed by atoms with Gasteiger partial charge in [0.1, 0.15) is 4.83 Å². The van der Waals surface area contributed by atoms with E-state index in [0.29, 0.717) is 0 Å². The molecule has 0 aliphatic carbocycles. The molecule has 0 radical (unpaired) electrons. The molecule has 0 bridgehead atoms. The molecule has 86 valence electrons. The lowest BCUT2D eigenvalue weighted by atomic mass is 10.00. The third-order valence-corrected chi connectivity index (χ3v) is 3.50. The number of hydrogen-bond donors (Lipinski definition) is 0. The molecule has 0 amide bonds. The Labute approximate surface area is 91.8 Å². The Morgan fingerprint density at radius 2 is 1.71 bits per heavy atom. The molecule has 0 saturated heterocycles. The monoisotopic (exact) mass is 275 g/mol. The SMILES string of the molecule is CCC(C)(C)N(C)CC(Br)C(F)(F)F. The van der Waals surface area contributed by atoms with Crippen molar-refractivity contribution < 1.29 is 13.2 Å². The quantitative estimate of drug-likeness (QED) is 0.711. The predicted molar refractivity (Wildman–Crippen MR) is 55.8 cm³/mol. The van der Waals surface area contributed by atoms with Crippen LogP contribution in [0.3, 0.4) is 0 Å². The Balaban J connectivity index is 4.26. The second-order valence-electron chi connectivity index (χ2n) is 4.06. The predicted octanol–water partition coefficient (Wildman–Crippen LogP) is 3.43. The van der Waals surface area contributed by atoms with Crippen molar-refractivity contribution in [2.24, 2.45) is 0 Å². The summed E-state index contributed by atoms with van der Waals surface area (Å²) in [7, 11) is 1.71. The van der Waals surface area contributed by atoms with Gasteiger partial charge in [0.25, 0.3) is 0 Å². The van der Waals surface area contributed by atoms with Gasteiger partial charge < -0.3 is 0 Å². The van der Waals surface area contributed by atoms with E-state index < -0.39 is 11.0 Å². The van der Waals surface area contributed by atoms with Crippen LogP contribution in [0.5, 0.6) is 0 Å². The van der Waals surface area contributed by atoms with Crippen LogP contribution in [0.15, 0.2) is 0 Å². The van der Waals surface area contributed by atoms with Crippen LogP contribution in [0.1, 0.15) is 27.2 Å². The summed E-state index contributed by atoms with van der Waals surface area (Å²) in [6, 6.07) is 0. The second kappa shape index (κ2) is 4.84. The maximum absolute atomic E-state index is 12.2. The first-order chi connectivity index (χ1) is 6.11. The van der Waals surface area contributed by atoms with E-state index in [4.69, 9.17) is 0 Å². The molecule has 0 aromatic heterocycles. The summed E-state index contributed by atoms with van der Waals surface area (Å²) >= 11 is 2.65. The summed E-state index contributed by atoms with van der Waals surface area (Å²) in [5.41, 5.74) is -0.197. The molecule has 0 rings (SSSR count). The summed E-state index contributed by atoms with van der Waals surface area (Å²) in [6.45, 7) is 5.81. The molecule has 14 heavy (non-hydrogen) atoms. The van der Waals surface area contributed by atoms with Gasteiger partial charge in [-0.1, -0.05) is 22.9 Å². The molecule has 0 aromatic rings. The minimum atomic E-state index is -4.17. The van der Waals surface area contributed by atoms with E-state index >= 15 is 0 Å². The Bertz CT molecular complexity index is 179. The molecule has 0 N–H and O–H groups in total. The third kappa shape index (κ3) is 4.17. The molecular formula is C9H17BrF3N. The van der Waals surface area contributed by atoms with Crippen molar-refractivity contribution in [3.63, 3.8) is 0 Å². The third-order valence-electron chi connectivity index (χ3n) is 2.69. The van der Waals surface area contributed by atoms with Crippen molar-refractivity contribution in [2.45, 2.75) is 43.7 Å². The summed E-state index contributed by atoms with van der Waals surface area (Å²) < 4.78 is 36.7. The number of rotatable bonds is 4. The van der Waals surface area contributed by atoms with E-state index in [1.54, 1.807) is 11.9 Å². The van der Waals surface area contributed by atoms with E-state index in [-0.39, 0.29) is 12.1 Å². The van der Waals surface area contributed by atoms with Crippen LogP contribution < -0.4 is 0 Å². The highest BCUT2D eigenvalue weighted by atomic mass is 79.9. The van der Waals surface area contributed by atoms with Gasteiger partial charge in [-0.25, -0.2) is 0 Å². The van der Waals surface area contributed by atoms with Crippen LogP contribution >= 0.6 is 15.9 Å². The fourth-order valence-corrected chi connectivity index (χ4v) is 1.30. The van der Waals surface area contributed by atoms with E-state index in [1.165, 1.54) is 0 Å². The van der Waals surface area contributed by atoms with Crippen LogP contribution in [0.2, 0.25) is 0 Å². The van der Waals surface area contributed by atoms with E-state index in [9.17, 15) is 13.2 Å². The van der Waals surface area contributed by atoms with Gasteiger partial charge in [0.15, 0.2) is 0 Å². The maximum atomic E-state index is 12.2. The summed E-state index contributed by atoms with van der Waals surface area (Å²) in [4.78, 5) is 0.269. The van der Waals surface area contributed by atoms with Gasteiger partial charge in [0.05, 0.1) is 0 Å². The Morgan fingerprint density at radius 1 is 1.29 bits per heavy atom. The van der Waals surface area contributed by atoms with Gasteiger partial charge in [0, 0.05) is 12.1 Å². The van der Waals surface area contributed by atoms with Crippen molar-refractivity contribution in [3.8, 4) is 0 Å². The topological polar surface area (TPSA) is 3.24 Å². The summed E-state index contributed by atoms with van der Waals surface area (Å²) in [5.74, 6) is 0. The Kier molecular flexibility index (Phi) is 4.91. The standard InChI is InChI=1S/C9H17BrF3N/c1-5-8(2,3)14(4)6-7(10)9(11,12)13/h7H,5-6H2,1-4H3. The number of nitrogens with zero attached hydrogens (tertiary/aromatic N) is 1. The minimum absolute atomic E-state index is 0.0235. The maximum Gasteiger partial charge on any atom is 0.402 e. The van der Waals surface area contributed by atoms with E-state index in [1.807, 2.05) is 20.8 Å². The highest BCUT2D eigenvalue weighted by molar-refractivity contribution is 9.09. The lowest BCUT2D eigenvalue weighted by molar-refractivity contribution is -0.132. The van der Waals surface area contributed by atoms with Crippen LogP contribution in [-0.4, -0.2) is 35.0 Å². The van der Waals surface area contributed by atoms with Crippen LogP contribution in [-0.2, 0) is 0 Å². The molecular weight excluding hydrogens is 259 g/mol. The average molecular weight is 276 g/mol. The first-order valence-corrected chi connectivity index (χ1v) is 5.45. The largest absolute Gasteiger partial charge is 0.402 e. The average Bonchev–Trinajstić information content (AvgIpc) is 2.02. The molecule has 0 spiro atoms. The highest BCUT2D eigenvalue weighted by Gasteiger charge is 2.39. The van der Waals surface area contributed by atoms with Crippen molar-refractivity contribution in [1.29, 1.82) is 0 Å². The summed E-state index contributed by atoms with van der Waals surface area (Å²) in [5, 5.41) is 0. The number of alkyl halides is 4. The molecule has 5 heteroatoms. The van der Waals surface area contributed by atoms with E-state index in [2.05, 4.69) is 15.9 Å². The van der Waals surface area contributed by atoms with Crippen LogP contribution in [0, 0.1) is 0 Å². The van der Waals surface area contributed by atoms with Crippen molar-refractivity contribution in [1.82, 2.24) is 4.90 Å². The van der Waals surface area contributed by atoms with Gasteiger partial charge in [-0.3, -0.25) is 4.90 Å². The van der Waals surface area contributed by atoms with E-state index in [0.717, 1.165) is 6.42 Å². The first kappa shape index (κ1) is 14.2. The molecule has 0 aliphatic heterocycles. The number of halogens is 4. The Morgan fingerprint density at radius 3 is 2.00 bits per heavy atom. The molecule has 0 aromatic carbocycles. The first-order valence-electron chi connectivity index (χ1n) is 4.53. The van der Waals surface area contributed by atoms with Crippen molar-refractivity contribution >= 4 is 15.9 Å². The lowest BCUT2D eigenvalue weighted by Crippen LogP contribution is -2.46. The fraction of sp³-hybridized carbons (Fsp3) is 1.00. The van der Waals surface area contributed by atoms with Crippen LogP contribution in [0.25, 0.3) is 0 Å². The zero-order chi connectivity index (χ0) is 11.6. The van der Waals surface area contributed by atoms with Gasteiger partial charge in [0.2, 0.25) is 0 Å². The van der Waals surface area contributed by atoms with Crippen molar-refractivity contribution in [3.05, 3.63) is 0 Å². The molecule has 0 aliphatic rings. The zero-order valence-corrected chi connectivity index (χ0v) is 10.5. The molecule has 0 saturated carbocycles. The smallest absolute Gasteiger partial charge is 0.300 e. The number of hydrogen-bond acceptors (Lipinski definition) is 1. The molecule has 0 heterocycles. The molecule has 0 fully saturated rings. The molecule has 1 unspecified atom stereocenters. The van der Waals surface area contributed by atoms with Gasteiger partial charge in [-0.15, -0.1) is 0 Å². The second-order valence-corrected chi connectivity index (χ2v) is 5.16. The lowest BCUT2D eigenvalue weighted by Gasteiger charge is -2.36. The van der Waals surface area contributed by atoms with Gasteiger partial charge in [-0.2, -0.15) is 13.2 Å². The minimum Gasteiger partial charge on any atom is -0.300 e. The van der Waals surface area contributed by atoms with Gasteiger partial charge in [-0.05, 0) is 27.3 Å². The van der Waals surface area contributed by atoms with Crippen molar-refractivity contribution in [2.75, 3.05) is 13.6 Å². The fourth-order valence-electron chi connectivity index (χ4n) is 0.861. The zero-order valence-electron chi connectivity index (χ0n) is 8.95.